The summed E-state index contributed by atoms with van der Waals surface area (Å²) in [6.45, 7) is 8.98. The van der Waals surface area contributed by atoms with Crippen LogP contribution in [-0.4, -0.2) is 53.2 Å². The molecule has 0 bridgehead atoms. The number of sulfonamides is 1. The van der Waals surface area contributed by atoms with Crippen molar-refractivity contribution in [3.05, 3.63) is 47.7 Å². The van der Waals surface area contributed by atoms with Gasteiger partial charge in [0, 0.05) is 39.5 Å². The Morgan fingerprint density at radius 3 is 2.47 bits per heavy atom. The van der Waals surface area contributed by atoms with E-state index in [-0.39, 0.29) is 16.8 Å². The minimum absolute atomic E-state index is 0.0274. The van der Waals surface area contributed by atoms with Crippen LogP contribution in [0, 0.1) is 6.92 Å². The smallest absolute Gasteiger partial charge is 0.242 e. The van der Waals surface area contributed by atoms with Crippen molar-refractivity contribution in [3.63, 3.8) is 0 Å². The normalized spacial score (nSPS) is 12.2. The second kappa shape index (κ2) is 9.46. The van der Waals surface area contributed by atoms with Gasteiger partial charge in [0.2, 0.25) is 15.9 Å². The first-order valence-electron chi connectivity index (χ1n) is 10.8. The summed E-state index contributed by atoms with van der Waals surface area (Å²) in [5, 5.41) is 0. The van der Waals surface area contributed by atoms with Gasteiger partial charge in [0.1, 0.15) is 17.3 Å². The first-order chi connectivity index (χ1) is 15.0. The lowest BCUT2D eigenvalue weighted by atomic mass is 10.2. The van der Waals surface area contributed by atoms with Crippen molar-refractivity contribution in [3.8, 4) is 0 Å². The van der Waals surface area contributed by atoms with Crippen molar-refractivity contribution in [2.75, 3.05) is 14.1 Å². The number of carbonyl (C=O) groups is 1. The highest BCUT2D eigenvalue weighted by Gasteiger charge is 2.22. The molecule has 0 saturated carbocycles. The lowest BCUT2D eigenvalue weighted by Crippen LogP contribution is -2.36. The van der Waals surface area contributed by atoms with Gasteiger partial charge in [-0.2, -0.15) is 0 Å². The molecule has 0 saturated heterocycles. The van der Waals surface area contributed by atoms with Crippen LogP contribution in [-0.2, 0) is 34.3 Å². The van der Waals surface area contributed by atoms with Crippen molar-refractivity contribution in [2.24, 2.45) is 0 Å². The van der Waals surface area contributed by atoms with Gasteiger partial charge in [-0.3, -0.25) is 4.79 Å². The summed E-state index contributed by atoms with van der Waals surface area (Å²) in [5.74, 6) is 2.39. The number of rotatable bonds is 9. The molecule has 3 rings (SSSR count). The van der Waals surface area contributed by atoms with E-state index < -0.39 is 10.0 Å². The predicted molar refractivity (Wildman–Crippen MR) is 124 cm³/mol. The minimum atomic E-state index is -3.54. The summed E-state index contributed by atoms with van der Waals surface area (Å²) in [6, 6.07) is 8.82. The molecule has 0 N–H and O–H groups in total. The SMILES string of the molecule is CCn1c(CCC(=O)N(Cc2ccc(C)o2)C(C)C)nc2cc(S(=O)(=O)N(C)C)ccc21. The lowest BCUT2D eigenvalue weighted by molar-refractivity contribution is -0.133. The Bertz CT molecular complexity index is 1210. The lowest BCUT2D eigenvalue weighted by Gasteiger charge is -2.26. The molecule has 1 amide bonds. The summed E-state index contributed by atoms with van der Waals surface area (Å²) in [4.78, 5) is 19.7. The van der Waals surface area contributed by atoms with Gasteiger partial charge in [0.05, 0.1) is 22.5 Å². The van der Waals surface area contributed by atoms with Crippen LogP contribution in [0.3, 0.4) is 0 Å². The fourth-order valence-electron chi connectivity index (χ4n) is 3.73. The summed E-state index contributed by atoms with van der Waals surface area (Å²) in [7, 11) is -0.527. The molecule has 0 radical (unpaired) electrons. The number of amides is 1. The largest absolute Gasteiger partial charge is 0.464 e. The Labute approximate surface area is 189 Å². The average Bonchev–Trinajstić information content (AvgIpc) is 3.31. The fourth-order valence-corrected chi connectivity index (χ4v) is 4.66. The molecular formula is C23H32N4O4S. The first-order valence-corrected chi connectivity index (χ1v) is 12.2. The van der Waals surface area contributed by atoms with Crippen molar-refractivity contribution >= 4 is 27.0 Å². The van der Waals surface area contributed by atoms with Gasteiger partial charge in [-0.1, -0.05) is 0 Å². The van der Waals surface area contributed by atoms with Crippen LogP contribution in [0.1, 0.15) is 44.5 Å². The van der Waals surface area contributed by atoms with E-state index in [2.05, 4.69) is 4.98 Å². The number of carbonyl (C=O) groups excluding carboxylic acids is 1. The zero-order valence-corrected chi connectivity index (χ0v) is 20.4. The molecule has 9 heteroatoms. The maximum Gasteiger partial charge on any atom is 0.242 e. The van der Waals surface area contributed by atoms with Crippen LogP contribution >= 0.6 is 0 Å². The third kappa shape index (κ3) is 4.88. The molecule has 0 aliphatic heterocycles. The van der Waals surface area contributed by atoms with Crippen LogP contribution in [0.25, 0.3) is 11.0 Å². The first kappa shape index (κ1) is 24.0. The zero-order valence-electron chi connectivity index (χ0n) is 19.6. The van der Waals surface area contributed by atoms with E-state index in [1.807, 2.05) is 44.4 Å². The monoisotopic (exact) mass is 460 g/mol. The van der Waals surface area contributed by atoms with Crippen LogP contribution in [0.15, 0.2) is 39.6 Å². The van der Waals surface area contributed by atoms with Gasteiger partial charge in [-0.05, 0) is 58.0 Å². The number of aromatic nitrogens is 2. The van der Waals surface area contributed by atoms with E-state index in [0.29, 0.717) is 31.4 Å². The average molecular weight is 461 g/mol. The van der Waals surface area contributed by atoms with Crippen LogP contribution in [0.4, 0.5) is 0 Å². The van der Waals surface area contributed by atoms with Gasteiger partial charge < -0.3 is 13.9 Å². The number of hydrogen-bond acceptors (Lipinski definition) is 5. The molecule has 0 spiro atoms. The minimum Gasteiger partial charge on any atom is -0.464 e. The quantitative estimate of drug-likeness (QED) is 0.487. The Kier molecular flexibility index (Phi) is 7.09. The summed E-state index contributed by atoms with van der Waals surface area (Å²) >= 11 is 0. The standard InChI is InChI=1S/C23H32N4O4S/c1-7-26-21-11-10-19(32(29,30)25(5)6)14-20(21)24-22(26)12-13-23(28)27(16(2)3)15-18-9-8-17(4)31-18/h8-11,14,16H,7,12-13,15H2,1-6H3. The Morgan fingerprint density at radius 2 is 1.91 bits per heavy atom. The molecule has 0 fully saturated rings. The molecule has 0 unspecified atom stereocenters. The third-order valence-electron chi connectivity index (χ3n) is 5.52. The van der Waals surface area contributed by atoms with Gasteiger partial charge in [-0.25, -0.2) is 17.7 Å². The molecule has 2 aromatic heterocycles. The molecule has 0 aliphatic carbocycles. The van der Waals surface area contributed by atoms with Crippen molar-refractivity contribution in [2.45, 2.75) is 64.6 Å². The topological polar surface area (TPSA) is 88.6 Å². The number of benzene rings is 1. The molecule has 1 aromatic carbocycles. The second-order valence-corrected chi connectivity index (χ2v) is 10.5. The highest BCUT2D eigenvalue weighted by atomic mass is 32.2. The number of imidazole rings is 1. The van der Waals surface area contributed by atoms with Gasteiger partial charge in [-0.15, -0.1) is 0 Å². The predicted octanol–water partition coefficient (Wildman–Crippen LogP) is 3.58. The molecule has 0 aliphatic rings. The Hall–Kier alpha value is -2.65. The van der Waals surface area contributed by atoms with Crippen molar-refractivity contribution < 1.29 is 17.6 Å². The molecule has 3 aromatic rings. The van der Waals surface area contributed by atoms with Crippen molar-refractivity contribution in [1.29, 1.82) is 0 Å². The van der Waals surface area contributed by atoms with Crippen molar-refractivity contribution in [1.82, 2.24) is 18.8 Å². The Morgan fingerprint density at radius 1 is 1.19 bits per heavy atom. The van der Waals surface area contributed by atoms with Crippen LogP contribution in [0.5, 0.6) is 0 Å². The molecule has 2 heterocycles. The van der Waals surface area contributed by atoms with E-state index in [0.717, 1.165) is 22.9 Å². The zero-order chi connectivity index (χ0) is 23.6. The molecule has 174 valence electrons. The maximum atomic E-state index is 13.0. The van der Waals surface area contributed by atoms with E-state index in [4.69, 9.17) is 4.42 Å². The number of hydrogen-bond donors (Lipinski definition) is 0. The summed E-state index contributed by atoms with van der Waals surface area (Å²) in [6.07, 6.45) is 0.779. The number of nitrogens with zero attached hydrogens (tertiary/aromatic N) is 4. The fraction of sp³-hybridized carbons (Fsp3) is 0.478. The summed E-state index contributed by atoms with van der Waals surface area (Å²) < 4.78 is 33.8. The van der Waals surface area contributed by atoms with Crippen LogP contribution in [0.2, 0.25) is 0 Å². The van der Waals surface area contributed by atoms with E-state index in [9.17, 15) is 13.2 Å². The third-order valence-corrected chi connectivity index (χ3v) is 7.33. The highest BCUT2D eigenvalue weighted by molar-refractivity contribution is 7.89. The van der Waals surface area contributed by atoms with Gasteiger partial charge >= 0.3 is 0 Å². The molecule has 32 heavy (non-hydrogen) atoms. The van der Waals surface area contributed by atoms with E-state index in [1.165, 1.54) is 18.4 Å². The Balaban J connectivity index is 1.82. The second-order valence-electron chi connectivity index (χ2n) is 8.34. The molecule has 8 nitrogen and oxygen atoms in total. The van der Waals surface area contributed by atoms with Crippen LogP contribution < -0.4 is 0 Å². The molecule has 0 atom stereocenters. The number of fused-ring (bicyclic) bond motifs is 1. The summed E-state index contributed by atoms with van der Waals surface area (Å²) in [5.41, 5.74) is 1.48. The highest BCUT2D eigenvalue weighted by Crippen LogP contribution is 2.23. The maximum absolute atomic E-state index is 13.0. The van der Waals surface area contributed by atoms with E-state index >= 15 is 0 Å². The van der Waals surface area contributed by atoms with Gasteiger partial charge in [0.25, 0.3) is 0 Å². The van der Waals surface area contributed by atoms with E-state index in [1.54, 1.807) is 23.1 Å². The number of aryl methyl sites for hydroxylation is 3. The number of furan rings is 1. The molecular weight excluding hydrogens is 428 g/mol. The van der Waals surface area contributed by atoms with Gasteiger partial charge in [0.15, 0.2) is 0 Å².